The van der Waals surface area contributed by atoms with Crippen LogP contribution in [0.15, 0.2) is 59.1 Å². The van der Waals surface area contributed by atoms with Crippen LogP contribution in [0.5, 0.6) is 5.95 Å². The van der Waals surface area contributed by atoms with E-state index in [4.69, 9.17) is 4.52 Å². The molecule has 0 saturated heterocycles. The molecule has 0 aliphatic carbocycles. The first kappa shape index (κ1) is 15.2. The third-order valence-corrected chi connectivity index (χ3v) is 3.70. The maximum Gasteiger partial charge on any atom is 0.253 e. The Kier molecular flexibility index (Phi) is 4.68. The molecule has 3 rings (SSSR count). The largest absolute Gasteiger partial charge is 0.539 e. The fourth-order valence-corrected chi connectivity index (χ4v) is 2.39. The number of hydrogen-bond donors (Lipinski definition) is 1. The average Bonchev–Trinajstić information content (AvgIpc) is 2.94. The van der Waals surface area contributed by atoms with Gasteiger partial charge >= 0.3 is 0 Å². The van der Waals surface area contributed by atoms with Crippen LogP contribution in [-0.4, -0.2) is 11.8 Å². The zero-order chi connectivity index (χ0) is 16.1. The smallest absolute Gasteiger partial charge is 0.253 e. The van der Waals surface area contributed by atoms with Crippen molar-refractivity contribution >= 4 is 0 Å². The molecule has 0 unspecified atom stereocenters. The average molecular weight is 309 g/mol. The van der Waals surface area contributed by atoms with Gasteiger partial charge in [0.15, 0.2) is 5.95 Å². The molecular weight excluding hydrogens is 290 g/mol. The lowest BCUT2D eigenvalue weighted by Gasteiger charge is -2.03. The summed E-state index contributed by atoms with van der Waals surface area (Å²) >= 11 is 0. The number of aryl methyl sites for hydroxylation is 1. The van der Waals surface area contributed by atoms with E-state index in [0.29, 0.717) is 12.2 Å². The Hall–Kier alpha value is -2.66. The van der Waals surface area contributed by atoms with Gasteiger partial charge in [0.2, 0.25) is 5.69 Å². The Bertz CT molecular complexity index is 752. The van der Waals surface area contributed by atoms with Crippen molar-refractivity contribution in [3.05, 3.63) is 71.4 Å². The molecule has 0 amide bonds. The monoisotopic (exact) mass is 309 g/mol. The molecule has 118 valence electrons. The molecule has 1 aromatic heterocycles. The minimum Gasteiger partial charge on any atom is -0.539 e. The van der Waals surface area contributed by atoms with Gasteiger partial charge in [0.25, 0.3) is 5.69 Å². The standard InChI is InChI=1S/C18H19N3O2/c1-14-7-9-16(10-8-14)21-17(18(22)23-20-21)13-19-12-11-15-5-3-2-4-6-15/h2-10,19H,11-13H2,1H3. The van der Waals surface area contributed by atoms with E-state index >= 15 is 0 Å². The van der Waals surface area contributed by atoms with Crippen molar-refractivity contribution in [1.29, 1.82) is 0 Å². The molecule has 0 spiro atoms. The van der Waals surface area contributed by atoms with Crippen molar-refractivity contribution in [3.63, 3.8) is 0 Å². The number of rotatable bonds is 6. The first-order valence-corrected chi connectivity index (χ1v) is 7.63. The molecule has 0 atom stereocenters. The first-order chi connectivity index (χ1) is 11.2. The van der Waals surface area contributed by atoms with Crippen LogP contribution in [-0.2, 0) is 13.0 Å². The summed E-state index contributed by atoms with van der Waals surface area (Å²) in [4.78, 5) is 0. The molecule has 0 fully saturated rings. The third-order valence-electron chi connectivity index (χ3n) is 3.70. The molecule has 1 heterocycles. The van der Waals surface area contributed by atoms with E-state index < -0.39 is 5.95 Å². The second kappa shape index (κ2) is 7.07. The maximum atomic E-state index is 11.9. The third kappa shape index (κ3) is 3.76. The number of benzene rings is 2. The van der Waals surface area contributed by atoms with Crippen LogP contribution >= 0.6 is 0 Å². The normalized spacial score (nSPS) is 10.8. The highest BCUT2D eigenvalue weighted by Crippen LogP contribution is 2.11. The number of nitrogens with zero attached hydrogens (tertiary/aromatic N) is 2. The van der Waals surface area contributed by atoms with Crippen molar-refractivity contribution in [2.75, 3.05) is 6.54 Å². The summed E-state index contributed by atoms with van der Waals surface area (Å²) in [6.07, 6.45) is 0.908. The van der Waals surface area contributed by atoms with Crippen LogP contribution in [0.25, 0.3) is 5.69 Å². The quantitative estimate of drug-likeness (QED) is 0.555. The van der Waals surface area contributed by atoms with Gasteiger partial charge in [-0.05, 0) is 30.1 Å². The molecule has 0 radical (unpaired) electrons. The lowest BCUT2D eigenvalue weighted by molar-refractivity contribution is -0.677. The van der Waals surface area contributed by atoms with Crippen LogP contribution in [0.1, 0.15) is 16.8 Å². The highest BCUT2D eigenvalue weighted by molar-refractivity contribution is 5.27. The van der Waals surface area contributed by atoms with Crippen molar-refractivity contribution in [2.45, 2.75) is 19.9 Å². The van der Waals surface area contributed by atoms with Gasteiger partial charge in [0.05, 0.1) is 11.8 Å². The fraction of sp³-hybridized carbons (Fsp3) is 0.222. The van der Waals surface area contributed by atoms with E-state index in [9.17, 15) is 5.11 Å². The minimum atomic E-state index is -0.405. The topological polar surface area (TPSA) is 65.0 Å². The van der Waals surface area contributed by atoms with E-state index in [1.165, 1.54) is 5.56 Å². The zero-order valence-electron chi connectivity index (χ0n) is 13.0. The van der Waals surface area contributed by atoms with E-state index in [2.05, 4.69) is 22.7 Å². The SMILES string of the molecule is Cc1ccc(-[n+]2noc([O-])c2CNCCc2ccccc2)cc1. The van der Waals surface area contributed by atoms with Crippen LogP contribution in [0, 0.1) is 6.92 Å². The second-order valence-corrected chi connectivity index (χ2v) is 5.47. The Morgan fingerprint density at radius 2 is 1.83 bits per heavy atom. The molecule has 3 aromatic rings. The summed E-state index contributed by atoms with van der Waals surface area (Å²) in [7, 11) is 0. The van der Waals surface area contributed by atoms with Gasteiger partial charge in [-0.25, -0.2) is 0 Å². The van der Waals surface area contributed by atoms with Gasteiger partial charge in [0, 0.05) is 12.1 Å². The highest BCUT2D eigenvalue weighted by atomic mass is 16.6. The zero-order valence-corrected chi connectivity index (χ0v) is 13.0. The molecule has 5 nitrogen and oxygen atoms in total. The van der Waals surface area contributed by atoms with Gasteiger partial charge in [-0.2, -0.15) is 0 Å². The van der Waals surface area contributed by atoms with Crippen molar-refractivity contribution in [2.24, 2.45) is 0 Å². The summed E-state index contributed by atoms with van der Waals surface area (Å²) < 4.78 is 6.37. The summed E-state index contributed by atoms with van der Waals surface area (Å²) in [6, 6.07) is 18.0. The molecule has 5 heteroatoms. The first-order valence-electron chi connectivity index (χ1n) is 7.63. The van der Waals surface area contributed by atoms with Gasteiger partial charge < -0.3 is 14.9 Å². The van der Waals surface area contributed by atoms with E-state index in [1.807, 2.05) is 49.4 Å². The summed E-state index contributed by atoms with van der Waals surface area (Å²) in [5.74, 6) is -0.405. The second-order valence-electron chi connectivity index (χ2n) is 5.47. The van der Waals surface area contributed by atoms with Crippen molar-refractivity contribution in [3.8, 4) is 11.6 Å². The Morgan fingerprint density at radius 1 is 1.09 bits per heavy atom. The Balaban J connectivity index is 1.64. The summed E-state index contributed by atoms with van der Waals surface area (Å²) in [5.41, 5.74) is 3.74. The summed E-state index contributed by atoms with van der Waals surface area (Å²) in [6.45, 7) is 3.22. The predicted octanol–water partition coefficient (Wildman–Crippen LogP) is 1.67. The van der Waals surface area contributed by atoms with Crippen molar-refractivity contribution in [1.82, 2.24) is 10.6 Å². The number of aromatic nitrogens is 2. The maximum absolute atomic E-state index is 11.9. The number of hydrogen-bond acceptors (Lipinski definition) is 4. The van der Waals surface area contributed by atoms with E-state index in [-0.39, 0.29) is 0 Å². The van der Waals surface area contributed by atoms with Gasteiger partial charge in [0.1, 0.15) is 0 Å². The lowest BCUT2D eigenvalue weighted by atomic mass is 10.1. The predicted molar refractivity (Wildman–Crippen MR) is 84.1 cm³/mol. The van der Waals surface area contributed by atoms with Crippen LogP contribution in [0.4, 0.5) is 0 Å². The van der Waals surface area contributed by atoms with Gasteiger partial charge in [-0.1, -0.05) is 48.0 Å². The van der Waals surface area contributed by atoms with Crippen LogP contribution in [0.2, 0.25) is 0 Å². The molecular formula is C18H19N3O2. The minimum absolute atomic E-state index is 0.405. The highest BCUT2D eigenvalue weighted by Gasteiger charge is 2.19. The number of nitrogens with one attached hydrogen (secondary N) is 1. The van der Waals surface area contributed by atoms with E-state index in [0.717, 1.165) is 24.2 Å². The fourth-order valence-electron chi connectivity index (χ4n) is 2.39. The molecule has 0 aliphatic heterocycles. The Morgan fingerprint density at radius 3 is 2.57 bits per heavy atom. The molecule has 2 aromatic carbocycles. The Labute approximate surface area is 135 Å². The lowest BCUT2D eigenvalue weighted by Crippen LogP contribution is -2.39. The van der Waals surface area contributed by atoms with Gasteiger partial charge in [-0.15, -0.1) is 0 Å². The van der Waals surface area contributed by atoms with Crippen LogP contribution in [0.3, 0.4) is 0 Å². The van der Waals surface area contributed by atoms with Crippen molar-refractivity contribution < 1.29 is 14.3 Å². The molecule has 0 aliphatic rings. The van der Waals surface area contributed by atoms with E-state index in [1.54, 1.807) is 4.68 Å². The molecule has 0 saturated carbocycles. The summed E-state index contributed by atoms with van der Waals surface area (Å²) in [5, 5.41) is 19.0. The molecule has 23 heavy (non-hydrogen) atoms. The molecule has 1 N–H and O–H groups in total. The van der Waals surface area contributed by atoms with Gasteiger partial charge in [-0.3, -0.25) is 0 Å². The molecule has 0 bridgehead atoms. The van der Waals surface area contributed by atoms with Crippen LogP contribution < -0.4 is 15.1 Å².